The van der Waals surface area contributed by atoms with Crippen LogP contribution in [0.1, 0.15) is 45.4 Å². The third-order valence-electron chi connectivity index (χ3n) is 7.77. The summed E-state index contributed by atoms with van der Waals surface area (Å²) in [5.74, 6) is -4.89. The molecule has 1 atom stereocenters. The van der Waals surface area contributed by atoms with E-state index in [4.69, 9.17) is 13.7 Å². The molecule has 12 heteroatoms. The highest BCUT2D eigenvalue weighted by Gasteiger charge is 2.52. The van der Waals surface area contributed by atoms with Crippen LogP contribution >= 0.6 is 24.0 Å². The molecule has 2 saturated carbocycles. The Morgan fingerprint density at radius 2 is 1.90 bits per heavy atom. The summed E-state index contributed by atoms with van der Waals surface area (Å²) < 4.78 is 74.3. The first-order valence-corrected chi connectivity index (χ1v) is 15.2. The standard InChI is InChI=1S/C29H34F4N2O4S2/c1-27(30,31)10-9-20-17-35(19-7-5-4-6-8-19)22-13-25(40-21-15-29(32,33)16-21)24(14-23(22)39-41-34(20)2)38-18-28(11-12-28)26(36)37-3/h4-8,13-14,20-21H,9-12,15-18H2,1-3H3. The number of thioether (sulfide) groups is 1. The van der Waals surface area contributed by atoms with Crippen LogP contribution in [0.4, 0.5) is 28.9 Å². The van der Waals surface area contributed by atoms with E-state index in [0.717, 1.165) is 24.8 Å². The summed E-state index contributed by atoms with van der Waals surface area (Å²) in [7, 11) is 3.16. The molecule has 2 aromatic carbocycles. The minimum atomic E-state index is -2.80. The van der Waals surface area contributed by atoms with Gasteiger partial charge in [0.2, 0.25) is 11.8 Å². The van der Waals surface area contributed by atoms with Crippen molar-refractivity contribution in [3.63, 3.8) is 0 Å². The summed E-state index contributed by atoms with van der Waals surface area (Å²) in [6.45, 7) is 1.43. The predicted molar refractivity (Wildman–Crippen MR) is 153 cm³/mol. The zero-order valence-corrected chi connectivity index (χ0v) is 24.8. The van der Waals surface area contributed by atoms with E-state index in [1.54, 1.807) is 6.07 Å². The summed E-state index contributed by atoms with van der Waals surface area (Å²) in [6.07, 6.45) is 0.812. The molecule has 0 radical (unpaired) electrons. The Balaban J connectivity index is 1.51. The number of hydrogen-bond acceptors (Lipinski definition) is 8. The van der Waals surface area contributed by atoms with Gasteiger partial charge in [0.1, 0.15) is 30.0 Å². The lowest BCUT2D eigenvalue weighted by atomic mass is 9.94. The van der Waals surface area contributed by atoms with Crippen LogP contribution in [-0.4, -0.2) is 60.7 Å². The quantitative estimate of drug-likeness (QED) is 0.117. The topological polar surface area (TPSA) is 51.2 Å². The Morgan fingerprint density at radius 3 is 2.51 bits per heavy atom. The summed E-state index contributed by atoms with van der Waals surface area (Å²) in [4.78, 5) is 15.0. The number of alkyl halides is 4. The summed E-state index contributed by atoms with van der Waals surface area (Å²) in [6, 6.07) is 12.9. The number of fused-ring (bicyclic) bond motifs is 1. The molecule has 0 spiro atoms. The molecule has 0 amide bonds. The van der Waals surface area contributed by atoms with Gasteiger partial charge in [0.15, 0.2) is 5.75 Å². The largest absolute Gasteiger partial charge is 0.491 e. The highest BCUT2D eigenvalue weighted by molar-refractivity contribution is 8.00. The normalized spacial score (nSPS) is 22.0. The number of ether oxygens (including phenoxy) is 2. The van der Waals surface area contributed by atoms with Gasteiger partial charge >= 0.3 is 5.97 Å². The maximum Gasteiger partial charge on any atom is 0.315 e. The highest BCUT2D eigenvalue weighted by Crippen LogP contribution is 2.53. The average Bonchev–Trinajstić information content (AvgIpc) is 3.70. The summed E-state index contributed by atoms with van der Waals surface area (Å²) in [5.41, 5.74) is 0.818. The van der Waals surface area contributed by atoms with E-state index < -0.39 is 17.3 Å². The molecule has 1 heterocycles. The average molecular weight is 615 g/mol. The molecule has 0 saturated heterocycles. The number of para-hydroxylation sites is 1. The van der Waals surface area contributed by atoms with Crippen molar-refractivity contribution in [2.45, 2.75) is 73.5 Å². The highest BCUT2D eigenvalue weighted by atomic mass is 32.2. The van der Waals surface area contributed by atoms with Gasteiger partial charge in [0.25, 0.3) is 0 Å². The number of carbonyl (C=O) groups excluding carboxylic acids is 1. The number of likely N-dealkylation sites (N-methyl/N-ethyl adjacent to an activating group) is 1. The third-order valence-corrected chi connectivity index (χ3v) is 9.80. The zero-order chi connectivity index (χ0) is 29.4. The molecule has 0 aromatic heterocycles. The molecule has 0 bridgehead atoms. The molecule has 5 rings (SSSR count). The lowest BCUT2D eigenvalue weighted by Crippen LogP contribution is -2.40. The molecule has 6 nitrogen and oxygen atoms in total. The van der Waals surface area contributed by atoms with E-state index in [1.165, 1.54) is 18.9 Å². The van der Waals surface area contributed by atoms with E-state index in [0.29, 0.717) is 41.5 Å². The molecule has 2 fully saturated rings. The van der Waals surface area contributed by atoms with Crippen molar-refractivity contribution >= 4 is 41.3 Å². The fourth-order valence-corrected chi connectivity index (χ4v) is 7.05. The Labute approximate surface area is 246 Å². The first kappa shape index (κ1) is 30.2. The number of esters is 1. The lowest BCUT2D eigenvalue weighted by Gasteiger charge is -2.38. The van der Waals surface area contributed by atoms with Gasteiger partial charge in [-0.25, -0.2) is 21.9 Å². The van der Waals surface area contributed by atoms with Crippen molar-refractivity contribution in [3.05, 3.63) is 42.5 Å². The van der Waals surface area contributed by atoms with E-state index >= 15 is 0 Å². The van der Waals surface area contributed by atoms with Crippen molar-refractivity contribution < 1.29 is 36.0 Å². The molecule has 1 aliphatic heterocycles. The van der Waals surface area contributed by atoms with Crippen LogP contribution in [0.3, 0.4) is 0 Å². The SMILES string of the molecule is COC(=O)C1(COc2cc3c(cc2SC2CC(F)(F)C2)N(c2ccccc2)CC(CCC(C)(F)F)N(C)SO3)CC1. The summed E-state index contributed by atoms with van der Waals surface area (Å²) in [5, 5.41) is -0.291. The van der Waals surface area contributed by atoms with Crippen LogP contribution in [0, 0.1) is 5.41 Å². The van der Waals surface area contributed by atoms with E-state index in [9.17, 15) is 22.4 Å². The van der Waals surface area contributed by atoms with Gasteiger partial charge in [0, 0.05) is 55.9 Å². The third kappa shape index (κ3) is 7.19. The van der Waals surface area contributed by atoms with Gasteiger partial charge in [-0.2, -0.15) is 0 Å². The molecule has 41 heavy (non-hydrogen) atoms. The molecular weight excluding hydrogens is 580 g/mol. The van der Waals surface area contributed by atoms with Crippen molar-refractivity contribution in [1.29, 1.82) is 0 Å². The monoisotopic (exact) mass is 614 g/mol. The van der Waals surface area contributed by atoms with Gasteiger partial charge in [-0.3, -0.25) is 4.79 Å². The molecule has 3 aliphatic rings. The lowest BCUT2D eigenvalue weighted by molar-refractivity contribution is -0.148. The fourth-order valence-electron chi connectivity index (χ4n) is 5.00. The van der Waals surface area contributed by atoms with Crippen LogP contribution in [0.2, 0.25) is 0 Å². The van der Waals surface area contributed by atoms with Crippen molar-refractivity contribution in [2.75, 3.05) is 32.2 Å². The number of benzene rings is 2. The number of methoxy groups -OCH3 is 1. The maximum atomic E-state index is 13.8. The second kappa shape index (κ2) is 11.8. The second-order valence-corrected chi connectivity index (χ2v) is 13.5. The Kier molecular flexibility index (Phi) is 8.65. The Morgan fingerprint density at radius 1 is 1.20 bits per heavy atom. The van der Waals surface area contributed by atoms with Crippen LogP contribution in [0.15, 0.2) is 47.4 Å². The molecule has 2 aromatic rings. The van der Waals surface area contributed by atoms with Gasteiger partial charge in [-0.1, -0.05) is 18.2 Å². The number of halogens is 4. The maximum absolute atomic E-state index is 13.8. The van der Waals surface area contributed by atoms with Gasteiger partial charge in [-0.05, 0) is 44.4 Å². The second-order valence-electron chi connectivity index (χ2n) is 11.2. The molecule has 1 unspecified atom stereocenters. The Bertz CT molecular complexity index is 1240. The van der Waals surface area contributed by atoms with Gasteiger partial charge in [0.05, 0.1) is 17.7 Å². The van der Waals surface area contributed by atoms with Crippen molar-refractivity contribution in [1.82, 2.24) is 4.31 Å². The van der Waals surface area contributed by atoms with E-state index in [1.807, 2.05) is 52.7 Å². The van der Waals surface area contributed by atoms with Gasteiger partial charge < -0.3 is 18.6 Å². The number of anilines is 2. The number of nitrogens with zero attached hydrogens (tertiary/aromatic N) is 2. The summed E-state index contributed by atoms with van der Waals surface area (Å²) >= 11 is 2.39. The molecule has 2 aliphatic carbocycles. The molecule has 224 valence electrons. The number of rotatable bonds is 10. The Hall–Kier alpha value is -2.31. The minimum Gasteiger partial charge on any atom is -0.491 e. The van der Waals surface area contributed by atoms with Crippen molar-refractivity contribution in [3.8, 4) is 11.5 Å². The zero-order valence-electron chi connectivity index (χ0n) is 23.2. The number of carbonyl (C=O) groups is 1. The van der Waals surface area contributed by atoms with Crippen LogP contribution in [-0.2, 0) is 9.53 Å². The minimum absolute atomic E-state index is 0.107. The van der Waals surface area contributed by atoms with Crippen molar-refractivity contribution in [2.24, 2.45) is 5.41 Å². The van der Waals surface area contributed by atoms with Gasteiger partial charge in [-0.15, -0.1) is 11.8 Å². The van der Waals surface area contributed by atoms with Crippen LogP contribution in [0.25, 0.3) is 0 Å². The smallest absolute Gasteiger partial charge is 0.315 e. The predicted octanol–water partition coefficient (Wildman–Crippen LogP) is 7.74. The first-order valence-electron chi connectivity index (χ1n) is 13.6. The molecule has 0 N–H and O–H groups in total. The first-order chi connectivity index (χ1) is 19.4. The van der Waals surface area contributed by atoms with E-state index in [-0.39, 0.29) is 49.6 Å². The van der Waals surface area contributed by atoms with Crippen LogP contribution in [0.5, 0.6) is 11.5 Å². The number of hydrogen-bond donors (Lipinski definition) is 0. The van der Waals surface area contributed by atoms with Crippen LogP contribution < -0.4 is 13.8 Å². The molecular formula is C29H34F4N2O4S2. The van der Waals surface area contributed by atoms with E-state index in [2.05, 4.69) is 0 Å². The fraction of sp³-hybridized carbons (Fsp3) is 0.552.